The first-order valence-electron chi connectivity index (χ1n) is 6.97. The molecule has 1 aliphatic carbocycles. The summed E-state index contributed by atoms with van der Waals surface area (Å²) in [5.41, 5.74) is -0.722. The van der Waals surface area contributed by atoms with Crippen molar-refractivity contribution in [2.24, 2.45) is 10.4 Å². The Hall–Kier alpha value is -2.11. The molecule has 1 saturated heterocycles. The Kier molecular flexibility index (Phi) is 3.16. The van der Waals surface area contributed by atoms with Crippen LogP contribution in [0.3, 0.4) is 0 Å². The van der Waals surface area contributed by atoms with Gasteiger partial charge < -0.3 is 5.32 Å². The second-order valence-electron chi connectivity index (χ2n) is 5.78. The van der Waals surface area contributed by atoms with E-state index in [2.05, 4.69) is 16.9 Å². The molecule has 0 saturated carbocycles. The SMILES string of the molecule is C=CCC1(C)C2=NCC=CC2=C2CC(=O)NC2=C1C(F)(F)F. The molecule has 3 rings (SSSR count). The third-order valence-corrected chi connectivity index (χ3v) is 4.28. The number of dihydropyridines is 1. The lowest BCUT2D eigenvalue weighted by molar-refractivity contribution is -0.118. The predicted octanol–water partition coefficient (Wildman–Crippen LogP) is 3.23. The van der Waals surface area contributed by atoms with E-state index in [9.17, 15) is 18.0 Å². The van der Waals surface area contributed by atoms with Gasteiger partial charge in [-0.15, -0.1) is 6.58 Å². The van der Waals surface area contributed by atoms with Crippen molar-refractivity contribution < 1.29 is 18.0 Å². The summed E-state index contributed by atoms with van der Waals surface area (Å²) in [5, 5.41) is 2.40. The molecule has 0 spiro atoms. The molecule has 1 N–H and O–H groups in total. The van der Waals surface area contributed by atoms with Crippen molar-refractivity contribution >= 4 is 11.6 Å². The van der Waals surface area contributed by atoms with Crippen molar-refractivity contribution in [2.75, 3.05) is 6.54 Å². The molecule has 0 aromatic heterocycles. The van der Waals surface area contributed by atoms with E-state index in [0.29, 0.717) is 23.4 Å². The van der Waals surface area contributed by atoms with Gasteiger partial charge in [-0.1, -0.05) is 18.2 Å². The van der Waals surface area contributed by atoms with Crippen LogP contribution in [0.15, 0.2) is 52.2 Å². The van der Waals surface area contributed by atoms with E-state index in [0.717, 1.165) is 0 Å². The summed E-state index contributed by atoms with van der Waals surface area (Å²) in [4.78, 5) is 16.0. The topological polar surface area (TPSA) is 41.5 Å². The molecule has 1 amide bonds. The second kappa shape index (κ2) is 4.69. The smallest absolute Gasteiger partial charge is 0.325 e. The van der Waals surface area contributed by atoms with Gasteiger partial charge in [-0.05, 0) is 18.9 Å². The Balaban J connectivity index is 2.36. The zero-order valence-electron chi connectivity index (χ0n) is 12.0. The van der Waals surface area contributed by atoms with Gasteiger partial charge in [0.1, 0.15) is 0 Å². The lowest BCUT2D eigenvalue weighted by Gasteiger charge is -2.40. The Morgan fingerprint density at radius 3 is 2.86 bits per heavy atom. The average Bonchev–Trinajstić information content (AvgIpc) is 2.79. The van der Waals surface area contributed by atoms with Crippen LogP contribution in [0.1, 0.15) is 19.8 Å². The molecule has 6 heteroatoms. The van der Waals surface area contributed by atoms with Gasteiger partial charge in [-0.3, -0.25) is 9.79 Å². The first kappa shape index (κ1) is 14.8. The molecule has 1 fully saturated rings. The molecule has 2 heterocycles. The highest BCUT2D eigenvalue weighted by Gasteiger charge is 2.54. The number of halogens is 3. The molecular formula is C16H15F3N2O. The number of rotatable bonds is 2. The number of allylic oxidation sites excluding steroid dienone is 5. The van der Waals surface area contributed by atoms with Gasteiger partial charge in [0, 0.05) is 11.0 Å². The highest BCUT2D eigenvalue weighted by molar-refractivity contribution is 6.13. The fourth-order valence-electron chi connectivity index (χ4n) is 3.48. The van der Waals surface area contributed by atoms with Gasteiger partial charge in [-0.2, -0.15) is 13.2 Å². The van der Waals surface area contributed by atoms with Crippen molar-refractivity contribution in [3.8, 4) is 0 Å². The molecule has 0 bridgehead atoms. The van der Waals surface area contributed by atoms with Crippen LogP contribution in [0.5, 0.6) is 0 Å². The lowest BCUT2D eigenvalue weighted by atomic mass is 9.66. The minimum atomic E-state index is -4.55. The second-order valence-corrected chi connectivity index (χ2v) is 5.78. The van der Waals surface area contributed by atoms with Crippen LogP contribution in [0.2, 0.25) is 0 Å². The fourth-order valence-corrected chi connectivity index (χ4v) is 3.48. The summed E-state index contributed by atoms with van der Waals surface area (Å²) in [6, 6.07) is 0. The minimum absolute atomic E-state index is 0.0439. The zero-order valence-corrected chi connectivity index (χ0v) is 12.0. The number of carbonyl (C=O) groups is 1. The largest absolute Gasteiger partial charge is 0.415 e. The molecule has 3 nitrogen and oxygen atoms in total. The molecule has 0 aromatic rings. The number of fused-ring (bicyclic) bond motifs is 2. The van der Waals surface area contributed by atoms with Crippen molar-refractivity contribution in [3.05, 3.63) is 47.2 Å². The number of alkyl halides is 3. The molecule has 1 unspecified atom stereocenters. The van der Waals surface area contributed by atoms with E-state index in [1.54, 1.807) is 12.2 Å². The molecule has 2 aliphatic heterocycles. The standard InChI is InChI=1S/C16H15F3N2O/c1-3-6-15(2)13(16(17,18)19)12-10(8-11(22)21-12)9-5-4-7-20-14(9)15/h3-5H,1,6-8H2,2H3,(H,21,22). The molecule has 1 atom stereocenters. The highest BCUT2D eigenvalue weighted by atomic mass is 19.4. The van der Waals surface area contributed by atoms with Crippen LogP contribution in [0.25, 0.3) is 0 Å². The Bertz CT molecular complexity index is 695. The summed E-state index contributed by atoms with van der Waals surface area (Å²) in [6.07, 6.45) is 0.533. The van der Waals surface area contributed by atoms with Crippen LogP contribution in [0.4, 0.5) is 13.2 Å². The number of carbonyl (C=O) groups excluding carboxylic acids is 1. The van der Waals surface area contributed by atoms with Crippen molar-refractivity contribution in [3.63, 3.8) is 0 Å². The Morgan fingerprint density at radius 2 is 2.23 bits per heavy atom. The first-order chi connectivity index (χ1) is 10.3. The van der Waals surface area contributed by atoms with Gasteiger partial charge in [-0.25, -0.2) is 0 Å². The summed E-state index contributed by atoms with van der Waals surface area (Å²) >= 11 is 0. The fraction of sp³-hybridized carbons (Fsp3) is 0.375. The molecule has 116 valence electrons. The number of hydrogen-bond acceptors (Lipinski definition) is 2. The van der Waals surface area contributed by atoms with E-state index in [1.807, 2.05) is 0 Å². The molecular weight excluding hydrogens is 293 g/mol. The quantitative estimate of drug-likeness (QED) is 0.782. The van der Waals surface area contributed by atoms with Crippen molar-refractivity contribution in [1.29, 1.82) is 0 Å². The zero-order chi connectivity index (χ0) is 16.1. The molecule has 0 aromatic carbocycles. The summed E-state index contributed by atoms with van der Waals surface area (Å²) in [5.74, 6) is -0.416. The predicted molar refractivity (Wildman–Crippen MR) is 77.2 cm³/mol. The maximum atomic E-state index is 13.7. The summed E-state index contributed by atoms with van der Waals surface area (Å²) < 4.78 is 41.2. The number of nitrogens with zero attached hydrogens (tertiary/aromatic N) is 1. The Labute approximate surface area is 126 Å². The summed E-state index contributed by atoms with van der Waals surface area (Å²) in [6.45, 7) is 5.45. The van der Waals surface area contributed by atoms with Crippen molar-refractivity contribution in [1.82, 2.24) is 5.32 Å². The first-order valence-corrected chi connectivity index (χ1v) is 6.97. The lowest BCUT2D eigenvalue weighted by Crippen LogP contribution is -2.43. The Morgan fingerprint density at radius 1 is 1.50 bits per heavy atom. The third kappa shape index (κ3) is 1.97. The van der Waals surface area contributed by atoms with Gasteiger partial charge in [0.05, 0.1) is 29.9 Å². The van der Waals surface area contributed by atoms with E-state index in [4.69, 9.17) is 0 Å². The van der Waals surface area contributed by atoms with Crippen LogP contribution >= 0.6 is 0 Å². The normalized spacial score (nSPS) is 27.5. The molecule has 3 aliphatic rings. The van der Waals surface area contributed by atoms with Crippen LogP contribution in [-0.2, 0) is 4.79 Å². The third-order valence-electron chi connectivity index (χ3n) is 4.28. The highest BCUT2D eigenvalue weighted by Crippen LogP contribution is 2.52. The summed E-state index contributed by atoms with van der Waals surface area (Å²) in [7, 11) is 0. The number of hydrogen-bond donors (Lipinski definition) is 1. The molecule has 22 heavy (non-hydrogen) atoms. The van der Waals surface area contributed by atoms with Gasteiger partial charge in [0.2, 0.25) is 5.91 Å². The number of amides is 1. The van der Waals surface area contributed by atoms with Gasteiger partial charge in [0.25, 0.3) is 0 Å². The van der Waals surface area contributed by atoms with Crippen LogP contribution < -0.4 is 5.32 Å². The van der Waals surface area contributed by atoms with Crippen LogP contribution in [-0.4, -0.2) is 24.3 Å². The minimum Gasteiger partial charge on any atom is -0.325 e. The van der Waals surface area contributed by atoms with E-state index in [-0.39, 0.29) is 18.5 Å². The van der Waals surface area contributed by atoms with E-state index >= 15 is 0 Å². The van der Waals surface area contributed by atoms with Crippen LogP contribution in [0, 0.1) is 5.41 Å². The number of aliphatic imine (C=N–C) groups is 1. The van der Waals surface area contributed by atoms with E-state index in [1.165, 1.54) is 13.0 Å². The maximum absolute atomic E-state index is 13.7. The average molecular weight is 308 g/mol. The van der Waals surface area contributed by atoms with Gasteiger partial charge >= 0.3 is 6.18 Å². The number of nitrogens with one attached hydrogen (secondary N) is 1. The molecule has 0 radical (unpaired) electrons. The van der Waals surface area contributed by atoms with E-state index < -0.39 is 23.1 Å². The van der Waals surface area contributed by atoms with Gasteiger partial charge in [0.15, 0.2) is 0 Å². The monoisotopic (exact) mass is 308 g/mol. The van der Waals surface area contributed by atoms with Crippen molar-refractivity contribution in [2.45, 2.75) is 25.9 Å². The maximum Gasteiger partial charge on any atom is 0.415 e.